The van der Waals surface area contributed by atoms with E-state index in [0.717, 1.165) is 30.4 Å². The molecule has 0 saturated carbocycles. The molecule has 108 valence electrons. The number of benzene rings is 1. The number of carbonyl (C=O) groups is 1. The highest BCUT2D eigenvalue weighted by atomic mass is 16.4. The number of aryl methyl sites for hydroxylation is 1. The lowest BCUT2D eigenvalue weighted by Crippen LogP contribution is -2.20. The highest BCUT2D eigenvalue weighted by molar-refractivity contribution is 5.92. The highest BCUT2D eigenvalue weighted by Crippen LogP contribution is 2.34. The average Bonchev–Trinajstić information content (AvgIpc) is 2.42. The van der Waals surface area contributed by atoms with Crippen LogP contribution in [0.3, 0.4) is 0 Å². The van der Waals surface area contributed by atoms with Crippen LogP contribution in [0, 0.1) is 0 Å². The normalized spacial score (nSPS) is 13.7. The average molecular weight is 285 g/mol. The number of aromatic hydroxyl groups is 1. The molecule has 0 radical (unpaired) electrons. The molecule has 0 amide bonds. The van der Waals surface area contributed by atoms with E-state index in [1.165, 1.54) is 0 Å². The van der Waals surface area contributed by atoms with E-state index in [2.05, 4.69) is 4.98 Å². The molecular weight excluding hydrogens is 270 g/mol. The van der Waals surface area contributed by atoms with Crippen LogP contribution in [0.15, 0.2) is 29.1 Å². The minimum atomic E-state index is -1.41. The molecule has 1 aromatic heterocycles. The number of nitrogens with one attached hydrogen (secondary N) is 1. The van der Waals surface area contributed by atoms with E-state index < -0.39 is 22.8 Å². The summed E-state index contributed by atoms with van der Waals surface area (Å²) < 4.78 is 0. The zero-order valence-corrected chi connectivity index (χ0v) is 11.3. The number of carboxylic acids is 1. The Labute approximate surface area is 120 Å². The molecule has 0 fully saturated rings. The van der Waals surface area contributed by atoms with E-state index in [0.29, 0.717) is 17.7 Å². The van der Waals surface area contributed by atoms with Crippen LogP contribution in [-0.4, -0.2) is 21.2 Å². The molecule has 1 aromatic carbocycles. The Kier molecular flexibility index (Phi) is 3.25. The van der Waals surface area contributed by atoms with E-state index in [9.17, 15) is 14.7 Å². The molecule has 0 unspecified atom stereocenters. The fourth-order valence-electron chi connectivity index (χ4n) is 2.90. The fraction of sp³-hybridized carbons (Fsp3) is 0.250. The lowest BCUT2D eigenvalue weighted by molar-refractivity contribution is 0.0691. The van der Waals surface area contributed by atoms with Crippen molar-refractivity contribution in [3.05, 3.63) is 51.3 Å². The number of aromatic carboxylic acids is 1. The minimum absolute atomic E-state index is 0.405. The van der Waals surface area contributed by atoms with E-state index in [-0.39, 0.29) is 0 Å². The molecular formula is C16H15NO4. The fourth-order valence-corrected chi connectivity index (χ4v) is 2.90. The Hall–Kier alpha value is -2.56. The molecule has 0 bridgehead atoms. The van der Waals surface area contributed by atoms with Crippen molar-refractivity contribution in [2.45, 2.75) is 25.7 Å². The molecule has 1 heterocycles. The van der Waals surface area contributed by atoms with Crippen molar-refractivity contribution in [1.82, 2.24) is 4.98 Å². The van der Waals surface area contributed by atoms with Crippen molar-refractivity contribution in [2.24, 2.45) is 0 Å². The number of aromatic amines is 1. The van der Waals surface area contributed by atoms with Crippen LogP contribution < -0.4 is 5.56 Å². The number of H-pyrrole nitrogens is 1. The third-order valence-corrected chi connectivity index (χ3v) is 3.91. The van der Waals surface area contributed by atoms with Crippen molar-refractivity contribution in [3.8, 4) is 17.0 Å². The maximum absolute atomic E-state index is 12.0. The first-order valence-corrected chi connectivity index (χ1v) is 6.89. The Morgan fingerprint density at radius 2 is 1.86 bits per heavy atom. The molecule has 0 aliphatic heterocycles. The zero-order chi connectivity index (χ0) is 15.0. The monoisotopic (exact) mass is 285 g/mol. The van der Waals surface area contributed by atoms with Gasteiger partial charge in [-0.2, -0.15) is 0 Å². The van der Waals surface area contributed by atoms with E-state index in [1.54, 1.807) is 0 Å². The number of rotatable bonds is 1. The topological polar surface area (TPSA) is 90.4 Å². The van der Waals surface area contributed by atoms with Crippen LogP contribution in [0.4, 0.5) is 0 Å². The predicted molar refractivity (Wildman–Crippen MR) is 77.8 cm³/mol. The first-order valence-electron chi connectivity index (χ1n) is 6.89. The molecule has 5 nitrogen and oxygen atoms in total. The molecule has 3 N–H and O–H groups in total. The third kappa shape index (κ3) is 2.20. The van der Waals surface area contributed by atoms with Gasteiger partial charge >= 0.3 is 5.97 Å². The van der Waals surface area contributed by atoms with Crippen molar-refractivity contribution in [3.63, 3.8) is 0 Å². The maximum Gasteiger partial charge on any atom is 0.345 e. The van der Waals surface area contributed by atoms with Crippen LogP contribution in [0.2, 0.25) is 0 Å². The molecule has 0 atom stereocenters. The number of aromatic nitrogens is 1. The summed E-state index contributed by atoms with van der Waals surface area (Å²) >= 11 is 0. The van der Waals surface area contributed by atoms with Crippen LogP contribution in [0.1, 0.15) is 34.3 Å². The minimum Gasteiger partial charge on any atom is -0.506 e. The number of pyridine rings is 1. The summed E-state index contributed by atoms with van der Waals surface area (Å²) in [6.45, 7) is 0. The van der Waals surface area contributed by atoms with Crippen LogP contribution in [0.25, 0.3) is 11.3 Å². The maximum atomic E-state index is 12.0. The highest BCUT2D eigenvalue weighted by Gasteiger charge is 2.24. The number of hydrogen-bond donors (Lipinski definition) is 3. The van der Waals surface area contributed by atoms with Gasteiger partial charge in [0.15, 0.2) is 5.56 Å². The molecule has 0 spiro atoms. The second kappa shape index (κ2) is 5.09. The lowest BCUT2D eigenvalue weighted by atomic mass is 9.90. The van der Waals surface area contributed by atoms with Crippen molar-refractivity contribution < 1.29 is 15.0 Å². The summed E-state index contributed by atoms with van der Waals surface area (Å²) in [5, 5.41) is 19.3. The first kappa shape index (κ1) is 13.4. The standard InChI is InChI=1S/C16H15NO4/c18-14-11-8-4-2-6-9-5-1-3-7-10(9)13(11)17-15(19)12(14)16(20)21/h1,3,5,7H,2,4,6,8H2,(H,20,21)(H2,17,18,19). The lowest BCUT2D eigenvalue weighted by Gasteiger charge is -2.18. The smallest absolute Gasteiger partial charge is 0.345 e. The summed E-state index contributed by atoms with van der Waals surface area (Å²) in [7, 11) is 0. The molecule has 5 heteroatoms. The van der Waals surface area contributed by atoms with Gasteiger partial charge in [-0.25, -0.2) is 4.79 Å². The van der Waals surface area contributed by atoms with E-state index in [4.69, 9.17) is 5.11 Å². The van der Waals surface area contributed by atoms with Crippen LogP contribution >= 0.6 is 0 Å². The largest absolute Gasteiger partial charge is 0.506 e. The summed E-state index contributed by atoms with van der Waals surface area (Å²) in [5.74, 6) is -1.81. The Morgan fingerprint density at radius 1 is 1.14 bits per heavy atom. The molecule has 1 aliphatic rings. The number of carboxylic acid groups (broad SMARTS) is 1. The Bertz CT molecular complexity index is 776. The third-order valence-electron chi connectivity index (χ3n) is 3.91. The number of fused-ring (bicyclic) bond motifs is 3. The Morgan fingerprint density at radius 3 is 2.62 bits per heavy atom. The molecule has 3 rings (SSSR count). The van der Waals surface area contributed by atoms with E-state index >= 15 is 0 Å². The second-order valence-electron chi connectivity index (χ2n) is 5.20. The predicted octanol–water partition coefficient (Wildman–Crippen LogP) is 2.32. The van der Waals surface area contributed by atoms with Gasteiger partial charge in [-0.1, -0.05) is 24.3 Å². The quantitative estimate of drug-likeness (QED) is 0.750. The van der Waals surface area contributed by atoms with Crippen molar-refractivity contribution in [1.29, 1.82) is 0 Å². The summed E-state index contributed by atoms with van der Waals surface area (Å²) in [6.07, 6.45) is 3.24. The molecule has 2 aromatic rings. The first-order chi connectivity index (χ1) is 10.1. The van der Waals surface area contributed by atoms with Crippen molar-refractivity contribution in [2.75, 3.05) is 0 Å². The van der Waals surface area contributed by atoms with Gasteiger partial charge < -0.3 is 15.2 Å². The zero-order valence-electron chi connectivity index (χ0n) is 11.3. The summed E-state index contributed by atoms with van der Waals surface area (Å²) in [5.41, 5.74) is 1.66. The number of hydrogen-bond acceptors (Lipinski definition) is 3. The summed E-state index contributed by atoms with van der Waals surface area (Å²) in [6, 6.07) is 7.68. The second-order valence-corrected chi connectivity index (χ2v) is 5.20. The van der Waals surface area contributed by atoms with Gasteiger partial charge in [-0.3, -0.25) is 4.79 Å². The van der Waals surface area contributed by atoms with Gasteiger partial charge in [0.05, 0.1) is 5.69 Å². The van der Waals surface area contributed by atoms with Gasteiger partial charge in [0.25, 0.3) is 5.56 Å². The van der Waals surface area contributed by atoms with Crippen LogP contribution in [-0.2, 0) is 12.8 Å². The van der Waals surface area contributed by atoms with Gasteiger partial charge in [0, 0.05) is 11.1 Å². The van der Waals surface area contributed by atoms with Gasteiger partial charge in [-0.05, 0) is 31.2 Å². The Balaban J connectivity index is 2.35. The van der Waals surface area contributed by atoms with Crippen molar-refractivity contribution >= 4 is 5.97 Å². The van der Waals surface area contributed by atoms with E-state index in [1.807, 2.05) is 24.3 Å². The van der Waals surface area contributed by atoms with Gasteiger partial charge in [0.2, 0.25) is 0 Å². The van der Waals surface area contributed by atoms with Gasteiger partial charge in [0.1, 0.15) is 5.75 Å². The molecule has 1 aliphatic carbocycles. The van der Waals surface area contributed by atoms with Gasteiger partial charge in [-0.15, -0.1) is 0 Å². The molecule has 0 saturated heterocycles. The SMILES string of the molecule is O=C(O)c1c(O)c2c([nH]c1=O)-c1ccccc1CCCC2. The molecule has 21 heavy (non-hydrogen) atoms. The summed E-state index contributed by atoms with van der Waals surface area (Å²) in [4.78, 5) is 25.8. The van der Waals surface area contributed by atoms with Crippen LogP contribution in [0.5, 0.6) is 5.75 Å².